The standard InChI is InChI=1S/C27H31ClN4O4/c1-3-30(11-12-33)9-10-31-16-23(35)32-25(17-5-4-6-19(34)13-17)24-21(15-27(32,2)26(31)36)20-14-18(28)7-8-22(20)29-24/h4-8,13-14,25,29,33-34H,3,9-12,15-16H2,1-2H3/t25-,27+/m1/s1. The number of piperazine rings is 1. The molecule has 3 N–H and O–H groups in total. The maximum atomic E-state index is 14.0. The summed E-state index contributed by atoms with van der Waals surface area (Å²) in [5, 5.41) is 21.1. The zero-order chi connectivity index (χ0) is 25.6. The largest absolute Gasteiger partial charge is 0.508 e. The first-order valence-electron chi connectivity index (χ1n) is 12.3. The molecule has 0 bridgehead atoms. The van der Waals surface area contributed by atoms with Crippen LogP contribution in [-0.4, -0.2) is 86.6 Å². The van der Waals surface area contributed by atoms with Gasteiger partial charge in [-0.05, 0) is 54.9 Å². The van der Waals surface area contributed by atoms with Crippen LogP contribution in [0.15, 0.2) is 42.5 Å². The van der Waals surface area contributed by atoms with E-state index in [1.54, 1.807) is 28.0 Å². The fourth-order valence-electron chi connectivity index (χ4n) is 5.78. The molecule has 190 valence electrons. The Balaban J connectivity index is 1.60. The zero-order valence-corrected chi connectivity index (χ0v) is 21.3. The van der Waals surface area contributed by atoms with Gasteiger partial charge < -0.3 is 25.0 Å². The molecule has 8 nitrogen and oxygen atoms in total. The van der Waals surface area contributed by atoms with E-state index in [1.165, 1.54) is 0 Å². The number of H-pyrrole nitrogens is 1. The molecule has 0 unspecified atom stereocenters. The Hall–Kier alpha value is -3.07. The molecular weight excluding hydrogens is 480 g/mol. The predicted molar refractivity (Wildman–Crippen MR) is 138 cm³/mol. The number of rotatable bonds is 7. The lowest BCUT2D eigenvalue weighted by Crippen LogP contribution is -2.70. The van der Waals surface area contributed by atoms with Gasteiger partial charge in [0, 0.05) is 47.7 Å². The number of aromatic nitrogens is 1. The number of carbonyl (C=O) groups is 2. The highest BCUT2D eigenvalue weighted by Gasteiger charge is 2.55. The minimum atomic E-state index is -1.11. The van der Waals surface area contributed by atoms with Gasteiger partial charge in [0.2, 0.25) is 11.8 Å². The number of nitrogens with one attached hydrogen (secondary N) is 1. The molecule has 1 aromatic heterocycles. The summed E-state index contributed by atoms with van der Waals surface area (Å²) >= 11 is 6.34. The molecule has 1 fully saturated rings. The predicted octanol–water partition coefficient (Wildman–Crippen LogP) is 2.92. The number of carbonyl (C=O) groups excluding carboxylic acids is 2. The van der Waals surface area contributed by atoms with Crippen LogP contribution in [0, 0.1) is 0 Å². The van der Waals surface area contributed by atoms with Crippen LogP contribution in [-0.2, 0) is 16.0 Å². The highest BCUT2D eigenvalue weighted by atomic mass is 35.5. The monoisotopic (exact) mass is 510 g/mol. The van der Waals surface area contributed by atoms with E-state index in [9.17, 15) is 19.8 Å². The Morgan fingerprint density at radius 3 is 2.72 bits per heavy atom. The summed E-state index contributed by atoms with van der Waals surface area (Å²) in [5.74, 6) is -0.145. The lowest BCUT2D eigenvalue weighted by atomic mass is 9.78. The number of phenols is 1. The van der Waals surface area contributed by atoms with Crippen LogP contribution in [0.3, 0.4) is 0 Å². The van der Waals surface area contributed by atoms with Crippen molar-refractivity contribution in [3.8, 4) is 5.75 Å². The number of hydrogen-bond donors (Lipinski definition) is 3. The number of halogens is 1. The average Bonchev–Trinajstić information content (AvgIpc) is 3.20. The van der Waals surface area contributed by atoms with Gasteiger partial charge in [-0.25, -0.2) is 0 Å². The molecule has 2 amide bonds. The van der Waals surface area contributed by atoms with Crippen LogP contribution in [0.25, 0.3) is 10.9 Å². The van der Waals surface area contributed by atoms with Gasteiger partial charge in [0.15, 0.2) is 0 Å². The summed E-state index contributed by atoms with van der Waals surface area (Å²) in [6.45, 7) is 6.14. The molecule has 2 aliphatic heterocycles. The highest BCUT2D eigenvalue weighted by Crippen LogP contribution is 2.47. The third kappa shape index (κ3) is 4.03. The number of aromatic amines is 1. The smallest absolute Gasteiger partial charge is 0.249 e. The number of aliphatic hydroxyl groups excluding tert-OH is 1. The Labute approximate surface area is 215 Å². The number of fused-ring (bicyclic) bond motifs is 4. The average molecular weight is 511 g/mol. The van der Waals surface area contributed by atoms with Crippen molar-refractivity contribution in [1.29, 1.82) is 0 Å². The van der Waals surface area contributed by atoms with E-state index in [2.05, 4.69) is 9.88 Å². The van der Waals surface area contributed by atoms with Gasteiger partial charge in [-0.1, -0.05) is 30.7 Å². The van der Waals surface area contributed by atoms with Crippen molar-refractivity contribution in [1.82, 2.24) is 19.7 Å². The van der Waals surface area contributed by atoms with Crippen molar-refractivity contribution < 1.29 is 19.8 Å². The Morgan fingerprint density at radius 2 is 2.00 bits per heavy atom. The van der Waals surface area contributed by atoms with Gasteiger partial charge in [-0.3, -0.25) is 14.5 Å². The van der Waals surface area contributed by atoms with E-state index in [1.807, 2.05) is 38.1 Å². The molecule has 3 heterocycles. The van der Waals surface area contributed by atoms with Gasteiger partial charge in [0.1, 0.15) is 11.3 Å². The fourth-order valence-corrected chi connectivity index (χ4v) is 5.95. The van der Waals surface area contributed by atoms with Crippen molar-refractivity contribution in [3.63, 3.8) is 0 Å². The number of amides is 2. The maximum absolute atomic E-state index is 14.0. The molecule has 2 aromatic carbocycles. The molecule has 1 saturated heterocycles. The summed E-state index contributed by atoms with van der Waals surface area (Å²) in [4.78, 5) is 36.7. The number of likely N-dealkylation sites (N-methyl/N-ethyl adjacent to an activating group) is 1. The minimum Gasteiger partial charge on any atom is -0.508 e. The number of nitrogens with zero attached hydrogens (tertiary/aromatic N) is 3. The summed E-state index contributed by atoms with van der Waals surface area (Å²) in [6, 6.07) is 11.9. The van der Waals surface area contributed by atoms with E-state index >= 15 is 0 Å². The first-order chi connectivity index (χ1) is 17.3. The first-order valence-corrected chi connectivity index (χ1v) is 12.7. The van der Waals surface area contributed by atoms with Crippen LogP contribution in [0.4, 0.5) is 0 Å². The zero-order valence-electron chi connectivity index (χ0n) is 20.5. The lowest BCUT2D eigenvalue weighted by Gasteiger charge is -2.53. The third-order valence-corrected chi connectivity index (χ3v) is 7.80. The van der Waals surface area contributed by atoms with Gasteiger partial charge >= 0.3 is 0 Å². The molecule has 0 spiro atoms. The summed E-state index contributed by atoms with van der Waals surface area (Å²) in [7, 11) is 0. The van der Waals surface area contributed by atoms with Crippen LogP contribution in [0.5, 0.6) is 5.75 Å². The SMILES string of the molecule is CCN(CCO)CCN1CC(=O)N2[C@H](c3cccc(O)c3)c3[nH]c4ccc(Cl)cc4c3C[C@@]2(C)C1=O. The topological polar surface area (TPSA) is 100 Å². The lowest BCUT2D eigenvalue weighted by molar-refractivity contribution is -0.167. The van der Waals surface area contributed by atoms with Crippen molar-refractivity contribution in [2.75, 3.05) is 39.3 Å². The van der Waals surface area contributed by atoms with Gasteiger partial charge in [-0.2, -0.15) is 0 Å². The third-order valence-electron chi connectivity index (χ3n) is 7.56. The van der Waals surface area contributed by atoms with Crippen LogP contribution in [0.2, 0.25) is 5.02 Å². The summed E-state index contributed by atoms with van der Waals surface area (Å²) < 4.78 is 0. The quantitative estimate of drug-likeness (QED) is 0.454. The number of hydrogen-bond acceptors (Lipinski definition) is 5. The second-order valence-corrected chi connectivity index (χ2v) is 10.2. The highest BCUT2D eigenvalue weighted by molar-refractivity contribution is 6.31. The molecule has 9 heteroatoms. The van der Waals surface area contributed by atoms with Crippen LogP contribution >= 0.6 is 11.6 Å². The first kappa shape index (κ1) is 24.6. The molecule has 0 saturated carbocycles. The number of benzene rings is 2. The van der Waals surface area contributed by atoms with E-state index in [0.717, 1.165) is 34.3 Å². The fraction of sp³-hybridized carbons (Fsp3) is 0.407. The summed E-state index contributed by atoms with van der Waals surface area (Å²) in [6.07, 6.45) is 0.354. The maximum Gasteiger partial charge on any atom is 0.249 e. The Morgan fingerprint density at radius 1 is 1.19 bits per heavy atom. The van der Waals surface area contributed by atoms with E-state index in [0.29, 0.717) is 31.1 Å². The molecule has 5 rings (SSSR count). The van der Waals surface area contributed by atoms with E-state index in [-0.39, 0.29) is 30.7 Å². The number of aromatic hydroxyl groups is 1. The van der Waals surface area contributed by atoms with Gasteiger partial charge in [0.05, 0.1) is 19.2 Å². The van der Waals surface area contributed by atoms with Gasteiger partial charge in [0.25, 0.3) is 0 Å². The van der Waals surface area contributed by atoms with Crippen LogP contribution < -0.4 is 0 Å². The molecule has 0 aliphatic carbocycles. The van der Waals surface area contributed by atoms with Crippen molar-refractivity contribution in [3.05, 3.63) is 64.3 Å². The number of aliphatic hydroxyl groups is 1. The number of phenolic OH excluding ortho intramolecular Hbond substituents is 1. The molecule has 2 atom stereocenters. The molecule has 3 aromatic rings. The molecule has 0 radical (unpaired) electrons. The normalized spacial score (nSPS) is 21.9. The molecule has 2 aliphatic rings. The van der Waals surface area contributed by atoms with Crippen molar-refractivity contribution >= 4 is 34.3 Å². The summed E-state index contributed by atoms with van der Waals surface area (Å²) in [5.41, 5.74) is 2.30. The Bertz CT molecular complexity index is 1320. The van der Waals surface area contributed by atoms with Crippen molar-refractivity contribution in [2.24, 2.45) is 0 Å². The van der Waals surface area contributed by atoms with E-state index in [4.69, 9.17) is 11.6 Å². The Kier molecular flexibility index (Phi) is 6.44. The minimum absolute atomic E-state index is 0.0121. The van der Waals surface area contributed by atoms with Gasteiger partial charge in [-0.15, -0.1) is 0 Å². The molecular formula is C27H31ClN4O4. The second-order valence-electron chi connectivity index (χ2n) is 9.80. The second kappa shape index (κ2) is 9.42. The van der Waals surface area contributed by atoms with Crippen molar-refractivity contribution in [2.45, 2.75) is 31.8 Å². The van der Waals surface area contributed by atoms with Crippen LogP contribution in [0.1, 0.15) is 36.7 Å². The molecule has 36 heavy (non-hydrogen) atoms. The van der Waals surface area contributed by atoms with E-state index < -0.39 is 11.6 Å².